The standard InChI is InChI=1S/C24H28N2O4/c1-12-13(2)25-17-10-8-16-21-15(11-19(28-4)23(29-5)24(21)30-6)7-9-18(26-14(3)27)22(16)20(12)17/h8,10-11,18,25H,7,9H2,1-6H3,(H,26,27)/t18-/m0/s1. The molecule has 0 bridgehead atoms. The minimum atomic E-state index is -0.107. The minimum absolute atomic E-state index is 0.0408. The third-order valence-electron chi connectivity index (χ3n) is 6.11. The van der Waals surface area contributed by atoms with Gasteiger partial charge in [-0.25, -0.2) is 0 Å². The van der Waals surface area contributed by atoms with Gasteiger partial charge < -0.3 is 24.5 Å². The number of rotatable bonds is 4. The summed E-state index contributed by atoms with van der Waals surface area (Å²) in [5.41, 5.74) is 7.68. The molecule has 0 saturated carbocycles. The first-order valence-corrected chi connectivity index (χ1v) is 10.1. The van der Waals surface area contributed by atoms with Crippen LogP contribution in [0.2, 0.25) is 0 Å². The van der Waals surface area contributed by atoms with Crippen molar-refractivity contribution in [2.24, 2.45) is 0 Å². The number of amides is 1. The summed E-state index contributed by atoms with van der Waals surface area (Å²) in [6.45, 7) is 5.77. The molecule has 158 valence electrons. The number of hydrogen-bond acceptors (Lipinski definition) is 4. The normalized spacial score (nSPS) is 15.2. The maximum atomic E-state index is 12.1. The summed E-state index contributed by atoms with van der Waals surface area (Å²) in [6.07, 6.45) is 1.55. The Bertz CT molecular complexity index is 1150. The molecule has 4 rings (SSSR count). The molecule has 1 aliphatic carbocycles. The number of nitrogens with one attached hydrogen (secondary N) is 2. The number of carbonyl (C=O) groups is 1. The summed E-state index contributed by atoms with van der Waals surface area (Å²) in [4.78, 5) is 15.5. The molecule has 6 nitrogen and oxygen atoms in total. The van der Waals surface area contributed by atoms with Crippen molar-refractivity contribution in [2.75, 3.05) is 21.3 Å². The summed E-state index contributed by atoms with van der Waals surface area (Å²) in [5.74, 6) is 1.83. The van der Waals surface area contributed by atoms with Crippen LogP contribution >= 0.6 is 0 Å². The molecule has 1 heterocycles. The molecule has 0 unspecified atom stereocenters. The SMILES string of the molecule is COc1cc2c(c(OC)c1OC)-c1ccc3[nH]c(C)c(C)c3c1[C@@H](NC(C)=O)CC2. The van der Waals surface area contributed by atoms with E-state index in [9.17, 15) is 4.79 Å². The summed E-state index contributed by atoms with van der Waals surface area (Å²) in [7, 11) is 4.90. The average molecular weight is 408 g/mol. The average Bonchev–Trinajstić information content (AvgIpc) is 2.93. The second-order valence-electron chi connectivity index (χ2n) is 7.80. The summed E-state index contributed by atoms with van der Waals surface area (Å²) in [6, 6.07) is 6.13. The molecule has 2 N–H and O–H groups in total. The number of fused-ring (bicyclic) bond motifs is 5. The van der Waals surface area contributed by atoms with Crippen molar-refractivity contribution in [1.82, 2.24) is 10.3 Å². The molecule has 0 saturated heterocycles. The molecule has 6 heteroatoms. The Kier molecular flexibility index (Phi) is 5.10. The lowest BCUT2D eigenvalue weighted by Crippen LogP contribution is -2.26. The van der Waals surface area contributed by atoms with Crippen molar-refractivity contribution >= 4 is 16.8 Å². The van der Waals surface area contributed by atoms with E-state index in [2.05, 4.69) is 36.3 Å². The van der Waals surface area contributed by atoms with Gasteiger partial charge in [0, 0.05) is 29.1 Å². The topological polar surface area (TPSA) is 72.6 Å². The highest BCUT2D eigenvalue weighted by Crippen LogP contribution is 2.51. The molecule has 1 amide bonds. The third-order valence-corrected chi connectivity index (χ3v) is 6.11. The summed E-state index contributed by atoms with van der Waals surface area (Å²) < 4.78 is 17.1. The number of aromatic amines is 1. The van der Waals surface area contributed by atoms with Gasteiger partial charge in [-0.1, -0.05) is 6.07 Å². The minimum Gasteiger partial charge on any atom is -0.493 e. The molecular formula is C24H28N2O4. The van der Waals surface area contributed by atoms with Gasteiger partial charge in [0.2, 0.25) is 11.7 Å². The molecule has 1 aromatic heterocycles. The van der Waals surface area contributed by atoms with Crippen LogP contribution in [-0.2, 0) is 11.2 Å². The summed E-state index contributed by atoms with van der Waals surface area (Å²) >= 11 is 0. The Labute approximate surface area is 176 Å². The van der Waals surface area contributed by atoms with Crippen LogP contribution in [0.1, 0.15) is 41.8 Å². The highest BCUT2D eigenvalue weighted by Gasteiger charge is 2.31. The van der Waals surface area contributed by atoms with Crippen molar-refractivity contribution < 1.29 is 19.0 Å². The number of carbonyl (C=O) groups excluding carboxylic acids is 1. The van der Waals surface area contributed by atoms with Crippen LogP contribution in [0.15, 0.2) is 18.2 Å². The van der Waals surface area contributed by atoms with Gasteiger partial charge in [-0.3, -0.25) is 4.79 Å². The Morgan fingerprint density at radius 2 is 1.83 bits per heavy atom. The van der Waals surface area contributed by atoms with Crippen molar-refractivity contribution in [3.8, 4) is 28.4 Å². The highest BCUT2D eigenvalue weighted by atomic mass is 16.5. The Morgan fingerprint density at radius 1 is 1.10 bits per heavy atom. The van der Waals surface area contributed by atoms with Crippen LogP contribution in [-0.4, -0.2) is 32.2 Å². The van der Waals surface area contributed by atoms with Gasteiger partial charge in [0.05, 0.1) is 27.4 Å². The fraction of sp³-hybridized carbons (Fsp3) is 0.375. The molecule has 1 aliphatic rings. The number of benzene rings is 2. The quantitative estimate of drug-likeness (QED) is 0.662. The molecule has 3 aromatic rings. The zero-order valence-electron chi connectivity index (χ0n) is 18.4. The molecule has 0 radical (unpaired) electrons. The number of methoxy groups -OCH3 is 3. The lowest BCUT2D eigenvalue weighted by molar-refractivity contribution is -0.119. The predicted molar refractivity (Wildman–Crippen MR) is 118 cm³/mol. The lowest BCUT2D eigenvalue weighted by Gasteiger charge is -2.22. The molecule has 1 atom stereocenters. The number of hydrogen-bond donors (Lipinski definition) is 2. The van der Waals surface area contributed by atoms with E-state index in [1.54, 1.807) is 28.3 Å². The number of aryl methyl sites for hydroxylation is 3. The first kappa shape index (κ1) is 20.1. The van der Waals surface area contributed by atoms with Crippen LogP contribution in [0.4, 0.5) is 0 Å². The van der Waals surface area contributed by atoms with Gasteiger partial charge >= 0.3 is 0 Å². The largest absolute Gasteiger partial charge is 0.493 e. The van der Waals surface area contributed by atoms with Gasteiger partial charge in [-0.15, -0.1) is 0 Å². The van der Waals surface area contributed by atoms with Gasteiger partial charge in [0.1, 0.15) is 0 Å². The van der Waals surface area contributed by atoms with Crippen molar-refractivity contribution in [2.45, 2.75) is 39.7 Å². The van der Waals surface area contributed by atoms with Gasteiger partial charge in [0.15, 0.2) is 11.5 Å². The maximum Gasteiger partial charge on any atom is 0.217 e. The fourth-order valence-electron chi connectivity index (χ4n) is 4.72. The van der Waals surface area contributed by atoms with Crippen LogP contribution in [0, 0.1) is 13.8 Å². The smallest absolute Gasteiger partial charge is 0.217 e. The van der Waals surface area contributed by atoms with E-state index in [0.29, 0.717) is 17.2 Å². The van der Waals surface area contributed by atoms with Crippen molar-refractivity contribution in [1.29, 1.82) is 0 Å². The van der Waals surface area contributed by atoms with Crippen LogP contribution in [0.5, 0.6) is 17.2 Å². The Hall–Kier alpha value is -3.15. The van der Waals surface area contributed by atoms with Gasteiger partial charge in [-0.05, 0) is 61.1 Å². The van der Waals surface area contributed by atoms with E-state index in [-0.39, 0.29) is 11.9 Å². The van der Waals surface area contributed by atoms with Gasteiger partial charge in [0.25, 0.3) is 0 Å². The zero-order valence-corrected chi connectivity index (χ0v) is 18.4. The fourth-order valence-corrected chi connectivity index (χ4v) is 4.72. The van der Waals surface area contributed by atoms with E-state index < -0.39 is 0 Å². The Balaban J connectivity index is 2.13. The van der Waals surface area contributed by atoms with Crippen LogP contribution < -0.4 is 19.5 Å². The molecular weight excluding hydrogens is 380 g/mol. The second kappa shape index (κ2) is 7.59. The van der Waals surface area contributed by atoms with Crippen molar-refractivity contribution in [3.63, 3.8) is 0 Å². The van der Waals surface area contributed by atoms with E-state index in [4.69, 9.17) is 14.2 Å². The Morgan fingerprint density at radius 3 is 2.47 bits per heavy atom. The zero-order chi connectivity index (χ0) is 21.6. The maximum absolute atomic E-state index is 12.1. The molecule has 0 spiro atoms. The monoisotopic (exact) mass is 408 g/mol. The molecule has 30 heavy (non-hydrogen) atoms. The van der Waals surface area contributed by atoms with E-state index in [0.717, 1.165) is 51.7 Å². The number of aromatic nitrogens is 1. The first-order chi connectivity index (χ1) is 14.4. The first-order valence-electron chi connectivity index (χ1n) is 10.1. The van der Waals surface area contributed by atoms with Crippen LogP contribution in [0.3, 0.4) is 0 Å². The van der Waals surface area contributed by atoms with E-state index in [1.165, 1.54) is 5.56 Å². The van der Waals surface area contributed by atoms with E-state index in [1.807, 2.05) is 6.07 Å². The number of H-pyrrole nitrogens is 1. The van der Waals surface area contributed by atoms with E-state index >= 15 is 0 Å². The second-order valence-corrected chi connectivity index (χ2v) is 7.80. The molecule has 2 aromatic carbocycles. The third kappa shape index (κ3) is 2.98. The summed E-state index contributed by atoms with van der Waals surface area (Å²) in [5, 5.41) is 4.34. The molecule has 0 fully saturated rings. The van der Waals surface area contributed by atoms with Gasteiger partial charge in [-0.2, -0.15) is 0 Å². The van der Waals surface area contributed by atoms with Crippen LogP contribution in [0.25, 0.3) is 22.0 Å². The molecule has 0 aliphatic heterocycles. The predicted octanol–water partition coefficient (Wildman–Crippen LogP) is 4.60. The highest BCUT2D eigenvalue weighted by molar-refractivity contribution is 5.97. The lowest BCUT2D eigenvalue weighted by atomic mass is 9.90. The van der Waals surface area contributed by atoms with Crippen molar-refractivity contribution in [3.05, 3.63) is 40.6 Å². The number of ether oxygens (including phenoxy) is 3.